The number of hydrogen-bond donors (Lipinski definition) is 0. The van der Waals surface area contributed by atoms with Crippen LogP contribution in [0.1, 0.15) is 32.1 Å². The lowest BCUT2D eigenvalue weighted by Gasteiger charge is -2.25. The minimum Gasteiger partial charge on any atom is -0.107 e. The van der Waals surface area contributed by atoms with E-state index in [-0.39, 0.29) is 5.72 Å². The molecule has 0 aromatic rings. The Morgan fingerprint density at radius 3 is 1.89 bits per heavy atom. The summed E-state index contributed by atoms with van der Waals surface area (Å²) in [5.41, 5.74) is -0.0645. The molecule has 0 bridgehead atoms. The van der Waals surface area contributed by atoms with Gasteiger partial charge in [0, 0.05) is 0 Å². The Labute approximate surface area is 60.2 Å². The SMILES string of the molecule is [B]C([B])C1CCCCC1. The first-order valence-electron chi connectivity index (χ1n) is 3.82. The van der Waals surface area contributed by atoms with Gasteiger partial charge >= 0.3 is 0 Å². The largest absolute Gasteiger partial charge is 0.107 e. The standard InChI is InChI=1S/C7H12B2/c8-7(9)6-4-2-1-3-5-6/h6-7H,1-5H2. The fourth-order valence-corrected chi connectivity index (χ4v) is 1.52. The van der Waals surface area contributed by atoms with Crippen molar-refractivity contribution in [1.29, 1.82) is 0 Å². The summed E-state index contributed by atoms with van der Waals surface area (Å²) in [4.78, 5) is 0. The molecule has 2 heteroatoms. The van der Waals surface area contributed by atoms with Crippen LogP contribution in [0.2, 0.25) is 5.72 Å². The van der Waals surface area contributed by atoms with Gasteiger partial charge in [-0.15, -0.1) is 5.72 Å². The summed E-state index contributed by atoms with van der Waals surface area (Å²) in [6.45, 7) is 0. The van der Waals surface area contributed by atoms with Crippen LogP contribution in [0.15, 0.2) is 0 Å². The van der Waals surface area contributed by atoms with Gasteiger partial charge in [0.15, 0.2) is 0 Å². The van der Waals surface area contributed by atoms with Gasteiger partial charge in [-0.2, -0.15) is 0 Å². The van der Waals surface area contributed by atoms with Crippen molar-refractivity contribution in [3.63, 3.8) is 0 Å². The molecule has 0 saturated heterocycles. The van der Waals surface area contributed by atoms with E-state index < -0.39 is 0 Å². The first kappa shape index (κ1) is 7.24. The highest BCUT2D eigenvalue weighted by Crippen LogP contribution is 2.29. The third-order valence-electron chi connectivity index (χ3n) is 2.19. The Morgan fingerprint density at radius 2 is 1.56 bits per heavy atom. The van der Waals surface area contributed by atoms with Crippen molar-refractivity contribution in [3.05, 3.63) is 0 Å². The van der Waals surface area contributed by atoms with Crippen LogP contribution in [0.25, 0.3) is 0 Å². The molecule has 1 aliphatic rings. The van der Waals surface area contributed by atoms with E-state index in [2.05, 4.69) is 0 Å². The van der Waals surface area contributed by atoms with Crippen LogP contribution in [-0.4, -0.2) is 15.7 Å². The Balaban J connectivity index is 2.23. The molecule has 0 unspecified atom stereocenters. The van der Waals surface area contributed by atoms with Gasteiger partial charge in [-0.05, 0) is 0 Å². The van der Waals surface area contributed by atoms with Gasteiger partial charge in [0.1, 0.15) is 0 Å². The van der Waals surface area contributed by atoms with Crippen LogP contribution >= 0.6 is 0 Å². The second-order valence-corrected chi connectivity index (χ2v) is 2.98. The van der Waals surface area contributed by atoms with Crippen LogP contribution in [0.5, 0.6) is 0 Å². The lowest BCUT2D eigenvalue weighted by atomic mass is 9.60. The molecule has 46 valence electrons. The monoisotopic (exact) mass is 118 g/mol. The maximum Gasteiger partial charge on any atom is 0.0579 e. The molecule has 1 saturated carbocycles. The topological polar surface area (TPSA) is 0 Å². The molecule has 0 amide bonds. The molecule has 0 nitrogen and oxygen atoms in total. The minimum absolute atomic E-state index is 0.0645. The Morgan fingerprint density at radius 1 is 1.00 bits per heavy atom. The molecular weight excluding hydrogens is 106 g/mol. The van der Waals surface area contributed by atoms with Gasteiger partial charge in [-0.1, -0.05) is 38.0 Å². The van der Waals surface area contributed by atoms with E-state index in [1.54, 1.807) is 0 Å². The van der Waals surface area contributed by atoms with Crippen molar-refractivity contribution in [2.45, 2.75) is 37.8 Å². The summed E-state index contributed by atoms with van der Waals surface area (Å²) in [6, 6.07) is 0. The van der Waals surface area contributed by atoms with Crippen LogP contribution < -0.4 is 0 Å². The highest BCUT2D eigenvalue weighted by molar-refractivity contribution is 6.35. The second kappa shape index (κ2) is 3.34. The van der Waals surface area contributed by atoms with Gasteiger partial charge < -0.3 is 0 Å². The smallest absolute Gasteiger partial charge is 0.0579 e. The highest BCUT2D eigenvalue weighted by atomic mass is 14.2. The average molecular weight is 118 g/mol. The molecule has 0 aliphatic heterocycles. The maximum absolute atomic E-state index is 5.54. The first-order chi connectivity index (χ1) is 4.30. The maximum atomic E-state index is 5.54. The van der Waals surface area contributed by atoms with Crippen molar-refractivity contribution < 1.29 is 0 Å². The van der Waals surface area contributed by atoms with Crippen molar-refractivity contribution in [1.82, 2.24) is 0 Å². The summed E-state index contributed by atoms with van der Waals surface area (Å²) in [6.07, 6.45) is 6.53. The molecule has 9 heavy (non-hydrogen) atoms. The van der Waals surface area contributed by atoms with E-state index in [0.717, 1.165) is 0 Å². The molecule has 0 atom stereocenters. The average Bonchev–Trinajstić information content (AvgIpc) is 1.90. The lowest BCUT2D eigenvalue weighted by Crippen LogP contribution is -2.13. The fourth-order valence-electron chi connectivity index (χ4n) is 1.52. The van der Waals surface area contributed by atoms with Gasteiger partial charge in [-0.25, -0.2) is 0 Å². The Hall–Kier alpha value is 0.130. The van der Waals surface area contributed by atoms with E-state index >= 15 is 0 Å². The summed E-state index contributed by atoms with van der Waals surface area (Å²) in [5, 5.41) is 0. The summed E-state index contributed by atoms with van der Waals surface area (Å²) < 4.78 is 0. The minimum atomic E-state index is -0.0645. The van der Waals surface area contributed by atoms with Crippen LogP contribution in [0.4, 0.5) is 0 Å². The molecule has 1 aliphatic carbocycles. The van der Waals surface area contributed by atoms with E-state index in [4.69, 9.17) is 15.7 Å². The molecule has 0 N–H and O–H groups in total. The molecule has 4 radical (unpaired) electrons. The molecule has 0 spiro atoms. The molecular formula is C7H12B2. The normalized spacial score (nSPS) is 22.8. The molecule has 0 aromatic carbocycles. The van der Waals surface area contributed by atoms with Crippen LogP contribution in [-0.2, 0) is 0 Å². The highest BCUT2D eigenvalue weighted by Gasteiger charge is 2.15. The van der Waals surface area contributed by atoms with Crippen LogP contribution in [0, 0.1) is 5.92 Å². The van der Waals surface area contributed by atoms with E-state index in [1.165, 1.54) is 32.1 Å². The predicted octanol–water partition coefficient (Wildman–Crippen LogP) is 1.65. The summed E-state index contributed by atoms with van der Waals surface area (Å²) >= 11 is 0. The van der Waals surface area contributed by atoms with E-state index in [9.17, 15) is 0 Å². The summed E-state index contributed by atoms with van der Waals surface area (Å²) in [7, 11) is 11.1. The van der Waals surface area contributed by atoms with Gasteiger partial charge in [-0.3, -0.25) is 0 Å². The van der Waals surface area contributed by atoms with Crippen molar-refractivity contribution >= 4 is 15.7 Å². The van der Waals surface area contributed by atoms with E-state index in [0.29, 0.717) is 5.92 Å². The van der Waals surface area contributed by atoms with Gasteiger partial charge in [0.05, 0.1) is 15.7 Å². The third-order valence-corrected chi connectivity index (χ3v) is 2.19. The molecule has 1 rings (SSSR count). The second-order valence-electron chi connectivity index (χ2n) is 2.98. The third kappa shape index (κ3) is 2.08. The van der Waals surface area contributed by atoms with Crippen molar-refractivity contribution in [2.24, 2.45) is 5.92 Å². The Bertz CT molecular complexity index is 75.0. The van der Waals surface area contributed by atoms with Gasteiger partial charge in [0.25, 0.3) is 0 Å². The molecule has 1 fully saturated rings. The zero-order valence-electron chi connectivity index (χ0n) is 5.84. The summed E-state index contributed by atoms with van der Waals surface area (Å²) in [5.74, 6) is 0.610. The van der Waals surface area contributed by atoms with E-state index in [1.807, 2.05) is 0 Å². The van der Waals surface area contributed by atoms with Crippen LogP contribution in [0.3, 0.4) is 0 Å². The first-order valence-corrected chi connectivity index (χ1v) is 3.82. The lowest BCUT2D eigenvalue weighted by molar-refractivity contribution is 0.373. The molecule has 0 heterocycles. The van der Waals surface area contributed by atoms with Crippen molar-refractivity contribution in [2.75, 3.05) is 0 Å². The fraction of sp³-hybridized carbons (Fsp3) is 1.00. The van der Waals surface area contributed by atoms with Gasteiger partial charge in [0.2, 0.25) is 0 Å². The zero-order chi connectivity index (χ0) is 6.69. The number of hydrogen-bond acceptors (Lipinski definition) is 0. The van der Waals surface area contributed by atoms with Crippen molar-refractivity contribution in [3.8, 4) is 0 Å². The predicted molar refractivity (Wildman–Crippen MR) is 41.8 cm³/mol. The molecule has 0 aromatic heterocycles. The zero-order valence-corrected chi connectivity index (χ0v) is 5.84. The number of rotatable bonds is 1. The quantitative estimate of drug-likeness (QED) is 0.459. The Kier molecular flexibility index (Phi) is 2.68.